The summed E-state index contributed by atoms with van der Waals surface area (Å²) in [5.41, 5.74) is 1.53. The summed E-state index contributed by atoms with van der Waals surface area (Å²) in [5, 5.41) is 0. The van der Waals surface area contributed by atoms with Crippen molar-refractivity contribution in [3.63, 3.8) is 0 Å². The summed E-state index contributed by atoms with van der Waals surface area (Å²) >= 11 is 0. The van der Waals surface area contributed by atoms with Crippen LogP contribution in [0.1, 0.15) is 12.5 Å². The predicted molar refractivity (Wildman–Crippen MR) is 86.2 cm³/mol. The quantitative estimate of drug-likeness (QED) is 0.907. The fraction of sp³-hybridized carbons (Fsp3) is 0.200. The van der Waals surface area contributed by atoms with Crippen molar-refractivity contribution < 1.29 is 16.8 Å². The summed E-state index contributed by atoms with van der Waals surface area (Å²) in [4.78, 5) is -0.119. The number of hydrogen-bond donors (Lipinski definition) is 1. The number of rotatable bonds is 5. The van der Waals surface area contributed by atoms with Gasteiger partial charge in [-0.15, -0.1) is 0 Å². The molecule has 0 heterocycles. The van der Waals surface area contributed by atoms with Gasteiger partial charge in [-0.1, -0.05) is 25.1 Å². The molecular formula is C15H17NO4S2. The SMILES string of the molecule is CCc1ccc(NS(=O)(=O)c2cccc(S(C)(=O)=O)c2)cc1. The molecule has 0 saturated heterocycles. The van der Waals surface area contributed by atoms with Crippen molar-refractivity contribution in [2.75, 3.05) is 11.0 Å². The molecule has 0 bridgehead atoms. The summed E-state index contributed by atoms with van der Waals surface area (Å²) in [6.07, 6.45) is 1.90. The van der Waals surface area contributed by atoms with Crippen LogP contribution in [0.4, 0.5) is 5.69 Å². The molecule has 0 aromatic heterocycles. The average molecular weight is 339 g/mol. The monoisotopic (exact) mass is 339 g/mol. The molecule has 0 aliphatic rings. The Morgan fingerprint density at radius 2 is 1.50 bits per heavy atom. The number of hydrogen-bond acceptors (Lipinski definition) is 4. The molecule has 0 unspecified atom stereocenters. The Hall–Kier alpha value is -1.86. The van der Waals surface area contributed by atoms with Crippen molar-refractivity contribution in [2.45, 2.75) is 23.1 Å². The summed E-state index contributed by atoms with van der Waals surface area (Å²) in [7, 11) is -7.29. The second-order valence-electron chi connectivity index (χ2n) is 4.90. The van der Waals surface area contributed by atoms with Gasteiger partial charge in [-0.05, 0) is 42.3 Å². The van der Waals surface area contributed by atoms with Crippen LogP contribution in [0.15, 0.2) is 58.3 Å². The minimum absolute atomic E-state index is 0.0308. The minimum Gasteiger partial charge on any atom is -0.280 e. The Labute approximate surface area is 131 Å². The van der Waals surface area contributed by atoms with E-state index in [1.54, 1.807) is 12.1 Å². The Morgan fingerprint density at radius 3 is 2.05 bits per heavy atom. The molecule has 0 fully saturated rings. The second-order valence-corrected chi connectivity index (χ2v) is 8.60. The summed E-state index contributed by atoms with van der Waals surface area (Å²) in [6, 6.07) is 12.3. The molecule has 7 heteroatoms. The van der Waals surface area contributed by atoms with Crippen LogP contribution in [0.3, 0.4) is 0 Å². The first-order valence-electron chi connectivity index (χ1n) is 6.64. The maximum absolute atomic E-state index is 12.3. The maximum atomic E-state index is 12.3. The lowest BCUT2D eigenvalue weighted by molar-refractivity contribution is 0.599. The van der Waals surface area contributed by atoms with E-state index in [-0.39, 0.29) is 9.79 Å². The molecule has 22 heavy (non-hydrogen) atoms. The maximum Gasteiger partial charge on any atom is 0.261 e. The highest BCUT2D eigenvalue weighted by atomic mass is 32.2. The van der Waals surface area contributed by atoms with Gasteiger partial charge in [0, 0.05) is 11.9 Å². The molecule has 0 atom stereocenters. The van der Waals surface area contributed by atoms with Crippen molar-refractivity contribution in [1.82, 2.24) is 0 Å². The van der Waals surface area contributed by atoms with Gasteiger partial charge < -0.3 is 0 Å². The van der Waals surface area contributed by atoms with Crippen LogP contribution in [0, 0.1) is 0 Å². The average Bonchev–Trinajstić information content (AvgIpc) is 2.47. The van der Waals surface area contributed by atoms with Crippen LogP contribution in [0.2, 0.25) is 0 Å². The van der Waals surface area contributed by atoms with E-state index in [1.165, 1.54) is 18.2 Å². The van der Waals surface area contributed by atoms with Crippen LogP contribution in [0.25, 0.3) is 0 Å². The fourth-order valence-corrected chi connectivity index (χ4v) is 3.74. The molecular weight excluding hydrogens is 322 g/mol. The third-order valence-corrected chi connectivity index (χ3v) is 5.65. The molecule has 0 aliphatic carbocycles. The lowest BCUT2D eigenvalue weighted by Gasteiger charge is -2.09. The minimum atomic E-state index is -3.83. The molecule has 0 saturated carbocycles. The second kappa shape index (κ2) is 6.10. The summed E-state index contributed by atoms with van der Waals surface area (Å²) in [5.74, 6) is 0. The molecule has 2 rings (SSSR count). The van der Waals surface area contributed by atoms with Gasteiger partial charge in [-0.25, -0.2) is 16.8 Å². The smallest absolute Gasteiger partial charge is 0.261 e. The molecule has 0 amide bonds. The Kier molecular flexibility index (Phi) is 4.58. The lowest BCUT2D eigenvalue weighted by Crippen LogP contribution is -2.13. The number of nitrogens with one attached hydrogen (secondary N) is 1. The van der Waals surface area contributed by atoms with Gasteiger partial charge in [0.05, 0.1) is 9.79 Å². The van der Waals surface area contributed by atoms with E-state index in [0.717, 1.165) is 24.3 Å². The molecule has 118 valence electrons. The number of benzene rings is 2. The number of sulfonamides is 1. The highest BCUT2D eigenvalue weighted by molar-refractivity contribution is 7.93. The molecule has 1 N–H and O–H groups in total. The van der Waals surface area contributed by atoms with Crippen LogP contribution in [0.5, 0.6) is 0 Å². The zero-order valence-corrected chi connectivity index (χ0v) is 13.9. The zero-order valence-electron chi connectivity index (χ0n) is 12.3. The highest BCUT2D eigenvalue weighted by Crippen LogP contribution is 2.19. The first kappa shape index (κ1) is 16.5. The van der Waals surface area contributed by atoms with E-state index in [4.69, 9.17) is 0 Å². The number of aryl methyl sites for hydroxylation is 1. The Morgan fingerprint density at radius 1 is 0.909 bits per heavy atom. The van der Waals surface area contributed by atoms with Gasteiger partial charge in [0.2, 0.25) is 0 Å². The predicted octanol–water partition coefficient (Wildman–Crippen LogP) is 2.45. The van der Waals surface area contributed by atoms with Gasteiger partial charge >= 0.3 is 0 Å². The first-order valence-corrected chi connectivity index (χ1v) is 10.0. The molecule has 0 radical (unpaired) electrons. The van der Waals surface area contributed by atoms with Crippen molar-refractivity contribution in [3.8, 4) is 0 Å². The van der Waals surface area contributed by atoms with E-state index in [9.17, 15) is 16.8 Å². The largest absolute Gasteiger partial charge is 0.280 e. The van der Waals surface area contributed by atoms with Gasteiger partial charge in [0.15, 0.2) is 9.84 Å². The van der Waals surface area contributed by atoms with Gasteiger partial charge in [0.1, 0.15) is 0 Å². The molecule has 2 aromatic carbocycles. The van der Waals surface area contributed by atoms with E-state index < -0.39 is 19.9 Å². The lowest BCUT2D eigenvalue weighted by atomic mass is 10.2. The standard InChI is InChI=1S/C15H17NO4S2/c1-3-12-7-9-13(10-8-12)16-22(19,20)15-6-4-5-14(11-15)21(2,17)18/h4-11,16H,3H2,1-2H3. The molecule has 0 aliphatic heterocycles. The van der Waals surface area contributed by atoms with E-state index >= 15 is 0 Å². The summed E-state index contributed by atoms with van der Waals surface area (Å²) < 4.78 is 50.2. The van der Waals surface area contributed by atoms with Crippen LogP contribution < -0.4 is 4.72 Å². The van der Waals surface area contributed by atoms with Gasteiger partial charge in [-0.3, -0.25) is 4.72 Å². The van der Waals surface area contributed by atoms with E-state index in [0.29, 0.717) is 5.69 Å². The molecule has 2 aromatic rings. The Bertz CT molecular complexity index is 870. The third-order valence-electron chi connectivity index (χ3n) is 3.16. The van der Waals surface area contributed by atoms with Crippen molar-refractivity contribution in [3.05, 3.63) is 54.1 Å². The molecule has 0 spiro atoms. The molecule has 5 nitrogen and oxygen atoms in total. The topological polar surface area (TPSA) is 80.3 Å². The van der Waals surface area contributed by atoms with Gasteiger partial charge in [-0.2, -0.15) is 0 Å². The van der Waals surface area contributed by atoms with Crippen LogP contribution in [-0.4, -0.2) is 23.1 Å². The Balaban J connectivity index is 2.34. The first-order chi connectivity index (χ1) is 10.2. The summed E-state index contributed by atoms with van der Waals surface area (Å²) in [6.45, 7) is 2.01. The van der Waals surface area contributed by atoms with Crippen molar-refractivity contribution in [2.24, 2.45) is 0 Å². The number of sulfone groups is 1. The van der Waals surface area contributed by atoms with E-state index in [2.05, 4.69) is 4.72 Å². The normalized spacial score (nSPS) is 12.1. The van der Waals surface area contributed by atoms with Gasteiger partial charge in [0.25, 0.3) is 10.0 Å². The fourth-order valence-electron chi connectivity index (χ4n) is 1.89. The highest BCUT2D eigenvalue weighted by Gasteiger charge is 2.17. The third kappa shape index (κ3) is 3.86. The van der Waals surface area contributed by atoms with Crippen molar-refractivity contribution >= 4 is 25.5 Å². The van der Waals surface area contributed by atoms with Crippen LogP contribution >= 0.6 is 0 Å². The zero-order chi connectivity index (χ0) is 16.4. The van der Waals surface area contributed by atoms with E-state index in [1.807, 2.05) is 19.1 Å². The van der Waals surface area contributed by atoms with Crippen molar-refractivity contribution in [1.29, 1.82) is 0 Å². The number of anilines is 1. The van der Waals surface area contributed by atoms with Crippen LogP contribution in [-0.2, 0) is 26.3 Å².